The van der Waals surface area contributed by atoms with Crippen LogP contribution in [0, 0.1) is 20.8 Å². The van der Waals surface area contributed by atoms with Crippen LogP contribution in [-0.2, 0) is 4.79 Å². The number of rotatable bonds is 6. The Morgan fingerprint density at radius 3 is 2.48 bits per heavy atom. The third-order valence-electron chi connectivity index (χ3n) is 5.94. The van der Waals surface area contributed by atoms with Crippen molar-refractivity contribution in [1.29, 1.82) is 0 Å². The quantitative estimate of drug-likeness (QED) is 0.493. The van der Waals surface area contributed by atoms with Gasteiger partial charge in [0.2, 0.25) is 5.91 Å². The lowest BCUT2D eigenvalue weighted by Crippen LogP contribution is -2.47. The van der Waals surface area contributed by atoms with Crippen LogP contribution in [0.2, 0.25) is 5.02 Å². The van der Waals surface area contributed by atoms with Gasteiger partial charge in [-0.1, -0.05) is 41.6 Å². The summed E-state index contributed by atoms with van der Waals surface area (Å²) in [4.78, 5) is 26.3. The summed E-state index contributed by atoms with van der Waals surface area (Å²) >= 11 is 7.56. The molecule has 2 heterocycles. The largest absolute Gasteiger partial charge is 0.368 e. The van der Waals surface area contributed by atoms with Gasteiger partial charge in [0.25, 0.3) is 0 Å². The van der Waals surface area contributed by atoms with E-state index in [0.717, 1.165) is 42.6 Å². The highest BCUT2D eigenvalue weighted by Crippen LogP contribution is 2.29. The summed E-state index contributed by atoms with van der Waals surface area (Å²) < 4.78 is 0. The molecule has 1 aliphatic rings. The zero-order valence-corrected chi connectivity index (χ0v) is 20.7. The Hall–Kier alpha value is -2.77. The van der Waals surface area contributed by atoms with E-state index in [1.807, 2.05) is 19.1 Å². The Labute approximate surface area is 204 Å². The number of nitrogens with zero attached hydrogens (tertiary/aromatic N) is 4. The number of carbonyl (C=O) groups excluding carboxylic acids is 1. The maximum Gasteiger partial charge on any atom is 0.234 e. The lowest BCUT2D eigenvalue weighted by molar-refractivity contribution is -0.113. The Morgan fingerprint density at radius 1 is 1.00 bits per heavy atom. The second-order valence-corrected chi connectivity index (χ2v) is 9.55. The van der Waals surface area contributed by atoms with Crippen LogP contribution in [0.5, 0.6) is 0 Å². The molecule has 3 aromatic rings. The van der Waals surface area contributed by atoms with E-state index in [2.05, 4.69) is 57.1 Å². The van der Waals surface area contributed by atoms with E-state index in [1.54, 1.807) is 18.5 Å². The van der Waals surface area contributed by atoms with Crippen LogP contribution >= 0.6 is 23.4 Å². The summed E-state index contributed by atoms with van der Waals surface area (Å²) in [5, 5.41) is 4.31. The van der Waals surface area contributed by atoms with Crippen molar-refractivity contribution < 1.29 is 4.79 Å². The standard InChI is InChI=1S/C25H28ClN5OS/c1-17-5-4-6-22(19(17)3)30-11-13-31(14-12-30)24-25(28-10-9-27-24)33-16-23(32)29-20-8-7-18(2)21(26)15-20/h4-10,15H,11-14,16H2,1-3H3,(H,29,32). The maximum atomic E-state index is 12.5. The monoisotopic (exact) mass is 481 g/mol. The van der Waals surface area contributed by atoms with Crippen LogP contribution in [0.4, 0.5) is 17.2 Å². The van der Waals surface area contributed by atoms with Gasteiger partial charge in [-0.05, 0) is 55.7 Å². The minimum Gasteiger partial charge on any atom is -0.368 e. The van der Waals surface area contributed by atoms with Crippen molar-refractivity contribution in [3.8, 4) is 0 Å². The van der Waals surface area contributed by atoms with Crippen LogP contribution in [0.25, 0.3) is 0 Å². The Bertz CT molecular complexity index is 1150. The molecule has 1 N–H and O–H groups in total. The molecule has 1 saturated heterocycles. The molecule has 0 spiro atoms. The van der Waals surface area contributed by atoms with E-state index in [0.29, 0.717) is 10.7 Å². The lowest BCUT2D eigenvalue weighted by atomic mass is 10.1. The van der Waals surface area contributed by atoms with E-state index in [4.69, 9.17) is 11.6 Å². The molecule has 0 saturated carbocycles. The summed E-state index contributed by atoms with van der Waals surface area (Å²) in [5.74, 6) is 0.991. The van der Waals surface area contributed by atoms with Crippen molar-refractivity contribution in [2.24, 2.45) is 0 Å². The van der Waals surface area contributed by atoms with Gasteiger partial charge in [0.15, 0.2) is 5.82 Å². The number of anilines is 3. The number of amides is 1. The molecule has 0 unspecified atom stereocenters. The van der Waals surface area contributed by atoms with Crippen LogP contribution in [0.3, 0.4) is 0 Å². The fraction of sp³-hybridized carbons (Fsp3) is 0.320. The fourth-order valence-corrected chi connectivity index (χ4v) is 4.84. The highest BCUT2D eigenvalue weighted by atomic mass is 35.5. The first-order chi connectivity index (χ1) is 15.9. The maximum absolute atomic E-state index is 12.5. The molecule has 4 rings (SSSR count). The summed E-state index contributed by atoms with van der Waals surface area (Å²) in [6.45, 7) is 9.81. The van der Waals surface area contributed by atoms with Gasteiger partial charge in [0.1, 0.15) is 5.03 Å². The third kappa shape index (κ3) is 5.60. The van der Waals surface area contributed by atoms with Crippen molar-refractivity contribution in [3.63, 3.8) is 0 Å². The number of hydrogen-bond acceptors (Lipinski definition) is 6. The third-order valence-corrected chi connectivity index (χ3v) is 7.31. The number of carbonyl (C=O) groups is 1. The van der Waals surface area contributed by atoms with Crippen LogP contribution in [-0.4, -0.2) is 47.8 Å². The predicted molar refractivity (Wildman–Crippen MR) is 138 cm³/mol. The van der Waals surface area contributed by atoms with Crippen molar-refractivity contribution in [2.75, 3.05) is 47.0 Å². The molecule has 33 heavy (non-hydrogen) atoms. The van der Waals surface area contributed by atoms with E-state index in [9.17, 15) is 4.79 Å². The normalized spacial score (nSPS) is 13.8. The smallest absolute Gasteiger partial charge is 0.234 e. The van der Waals surface area contributed by atoms with Crippen molar-refractivity contribution in [3.05, 3.63) is 70.5 Å². The van der Waals surface area contributed by atoms with Crippen molar-refractivity contribution in [1.82, 2.24) is 9.97 Å². The van der Waals surface area contributed by atoms with Gasteiger partial charge in [-0.15, -0.1) is 0 Å². The molecular weight excluding hydrogens is 454 g/mol. The van der Waals surface area contributed by atoms with Crippen LogP contribution < -0.4 is 15.1 Å². The molecule has 0 radical (unpaired) electrons. The Kier molecular flexibility index (Phi) is 7.40. The number of thioether (sulfide) groups is 1. The van der Waals surface area contributed by atoms with Gasteiger partial charge >= 0.3 is 0 Å². The summed E-state index contributed by atoms with van der Waals surface area (Å²) in [6, 6.07) is 12.0. The highest BCUT2D eigenvalue weighted by molar-refractivity contribution is 8.00. The molecule has 172 valence electrons. The molecule has 1 fully saturated rings. The second kappa shape index (κ2) is 10.4. The first-order valence-corrected chi connectivity index (χ1v) is 12.3. The average molecular weight is 482 g/mol. The van der Waals surface area contributed by atoms with E-state index >= 15 is 0 Å². The number of piperazine rings is 1. The highest BCUT2D eigenvalue weighted by Gasteiger charge is 2.22. The molecule has 1 amide bonds. The van der Waals surface area contributed by atoms with Gasteiger partial charge in [-0.3, -0.25) is 4.79 Å². The molecule has 6 nitrogen and oxygen atoms in total. The average Bonchev–Trinajstić information content (AvgIpc) is 2.82. The van der Waals surface area contributed by atoms with Gasteiger partial charge in [-0.2, -0.15) is 0 Å². The van der Waals surface area contributed by atoms with Gasteiger partial charge < -0.3 is 15.1 Å². The van der Waals surface area contributed by atoms with E-state index in [-0.39, 0.29) is 11.7 Å². The summed E-state index contributed by atoms with van der Waals surface area (Å²) in [5.41, 5.74) is 5.62. The van der Waals surface area contributed by atoms with E-state index in [1.165, 1.54) is 28.6 Å². The fourth-order valence-electron chi connectivity index (χ4n) is 3.88. The van der Waals surface area contributed by atoms with Gasteiger partial charge in [0, 0.05) is 55.0 Å². The molecule has 8 heteroatoms. The molecule has 0 bridgehead atoms. The van der Waals surface area contributed by atoms with Gasteiger partial charge in [-0.25, -0.2) is 9.97 Å². The zero-order valence-electron chi connectivity index (χ0n) is 19.1. The first-order valence-electron chi connectivity index (χ1n) is 11.0. The Balaban J connectivity index is 1.37. The zero-order chi connectivity index (χ0) is 23.4. The Morgan fingerprint density at radius 2 is 1.73 bits per heavy atom. The number of nitrogens with one attached hydrogen (secondary N) is 1. The topological polar surface area (TPSA) is 61.4 Å². The minimum absolute atomic E-state index is 0.101. The first kappa shape index (κ1) is 23.4. The van der Waals surface area contributed by atoms with Crippen molar-refractivity contribution in [2.45, 2.75) is 25.8 Å². The predicted octanol–water partition coefficient (Wildman–Crippen LogP) is 5.11. The number of aryl methyl sites for hydroxylation is 2. The summed E-state index contributed by atoms with van der Waals surface area (Å²) in [7, 11) is 0. The molecule has 0 atom stereocenters. The van der Waals surface area contributed by atoms with Crippen molar-refractivity contribution >= 4 is 46.5 Å². The van der Waals surface area contributed by atoms with Gasteiger partial charge in [0.05, 0.1) is 5.75 Å². The van der Waals surface area contributed by atoms with Crippen LogP contribution in [0.1, 0.15) is 16.7 Å². The van der Waals surface area contributed by atoms with Crippen LogP contribution in [0.15, 0.2) is 53.8 Å². The number of aromatic nitrogens is 2. The SMILES string of the molecule is Cc1ccc(NC(=O)CSc2nccnc2N2CCN(c3cccc(C)c3C)CC2)cc1Cl. The molecular formula is C25H28ClN5OS. The molecule has 1 aromatic heterocycles. The minimum atomic E-state index is -0.101. The number of halogens is 1. The second-order valence-electron chi connectivity index (χ2n) is 8.18. The molecule has 2 aromatic carbocycles. The number of benzene rings is 2. The van der Waals surface area contributed by atoms with E-state index < -0.39 is 0 Å². The lowest BCUT2D eigenvalue weighted by Gasteiger charge is -2.37. The molecule has 0 aliphatic carbocycles. The summed E-state index contributed by atoms with van der Waals surface area (Å²) in [6.07, 6.45) is 3.39. The number of hydrogen-bond donors (Lipinski definition) is 1. The molecule has 1 aliphatic heterocycles.